The van der Waals surface area contributed by atoms with Gasteiger partial charge in [0.25, 0.3) is 0 Å². The van der Waals surface area contributed by atoms with Crippen LogP contribution < -0.4 is 4.90 Å². The van der Waals surface area contributed by atoms with E-state index < -0.39 is 0 Å². The van der Waals surface area contributed by atoms with Gasteiger partial charge in [-0.25, -0.2) is 0 Å². The Kier molecular flexibility index (Phi) is 2.89. The highest BCUT2D eigenvalue weighted by Crippen LogP contribution is 2.25. The molecule has 0 radical (unpaired) electrons. The number of nitriles is 1. The molecule has 3 nitrogen and oxygen atoms in total. The average molecular weight is 202 g/mol. The van der Waals surface area contributed by atoms with Crippen molar-refractivity contribution in [1.29, 1.82) is 5.26 Å². The molecule has 1 aromatic rings. The molecule has 1 aliphatic rings. The van der Waals surface area contributed by atoms with Gasteiger partial charge in [0.2, 0.25) is 0 Å². The van der Waals surface area contributed by atoms with Crippen molar-refractivity contribution in [2.45, 2.75) is 18.9 Å². The van der Waals surface area contributed by atoms with Crippen molar-refractivity contribution < 1.29 is 5.11 Å². The van der Waals surface area contributed by atoms with Crippen LogP contribution >= 0.6 is 0 Å². The predicted molar refractivity (Wildman–Crippen MR) is 58.6 cm³/mol. The Morgan fingerprint density at radius 2 is 2.40 bits per heavy atom. The first-order valence-corrected chi connectivity index (χ1v) is 5.23. The molecule has 1 aromatic carbocycles. The second-order valence-electron chi connectivity index (χ2n) is 3.83. The SMILES string of the molecule is N#Cc1cccc(N2CCC[C@H]2CO)c1. The lowest BCUT2D eigenvalue weighted by Crippen LogP contribution is -2.31. The summed E-state index contributed by atoms with van der Waals surface area (Å²) in [7, 11) is 0. The lowest BCUT2D eigenvalue weighted by atomic mass is 10.2. The summed E-state index contributed by atoms with van der Waals surface area (Å²) < 4.78 is 0. The third-order valence-corrected chi connectivity index (χ3v) is 2.89. The molecule has 15 heavy (non-hydrogen) atoms. The first-order valence-electron chi connectivity index (χ1n) is 5.23. The summed E-state index contributed by atoms with van der Waals surface area (Å²) in [6.07, 6.45) is 2.15. The van der Waals surface area contributed by atoms with E-state index >= 15 is 0 Å². The molecule has 0 saturated carbocycles. The standard InChI is InChI=1S/C12H14N2O/c13-8-10-3-1-4-11(7-10)14-6-2-5-12(14)9-15/h1,3-4,7,12,15H,2,5-6,9H2/t12-/m0/s1. The van der Waals surface area contributed by atoms with E-state index in [-0.39, 0.29) is 12.6 Å². The average Bonchev–Trinajstić information content (AvgIpc) is 2.77. The third-order valence-electron chi connectivity index (χ3n) is 2.89. The summed E-state index contributed by atoms with van der Waals surface area (Å²) in [6.45, 7) is 1.16. The number of anilines is 1. The van der Waals surface area contributed by atoms with Crippen molar-refractivity contribution in [3.8, 4) is 6.07 Å². The lowest BCUT2D eigenvalue weighted by Gasteiger charge is -2.25. The third kappa shape index (κ3) is 1.95. The molecule has 1 heterocycles. The number of benzene rings is 1. The predicted octanol–water partition coefficient (Wildman–Crippen LogP) is 1.52. The topological polar surface area (TPSA) is 47.3 Å². The van der Waals surface area contributed by atoms with Crippen molar-refractivity contribution >= 4 is 5.69 Å². The molecule has 1 saturated heterocycles. The molecule has 1 N–H and O–H groups in total. The maximum atomic E-state index is 9.22. The van der Waals surface area contributed by atoms with Crippen LogP contribution in [0.2, 0.25) is 0 Å². The fraction of sp³-hybridized carbons (Fsp3) is 0.417. The molecule has 1 fully saturated rings. The van der Waals surface area contributed by atoms with Gasteiger partial charge in [-0.1, -0.05) is 6.07 Å². The van der Waals surface area contributed by atoms with Crippen molar-refractivity contribution in [2.75, 3.05) is 18.1 Å². The molecule has 0 aliphatic carbocycles. The number of rotatable bonds is 2. The minimum Gasteiger partial charge on any atom is -0.394 e. The molecular formula is C12H14N2O. The number of hydrogen-bond donors (Lipinski definition) is 1. The molecule has 0 unspecified atom stereocenters. The van der Waals surface area contributed by atoms with E-state index in [0.29, 0.717) is 5.56 Å². The number of aliphatic hydroxyl groups excluding tert-OH is 1. The zero-order valence-corrected chi connectivity index (χ0v) is 8.56. The second-order valence-corrected chi connectivity index (χ2v) is 3.83. The van der Waals surface area contributed by atoms with Gasteiger partial charge >= 0.3 is 0 Å². The Balaban J connectivity index is 2.25. The van der Waals surface area contributed by atoms with Crippen LogP contribution in [0.25, 0.3) is 0 Å². The first-order chi connectivity index (χ1) is 7.35. The van der Waals surface area contributed by atoms with Crippen LogP contribution in [-0.2, 0) is 0 Å². The highest BCUT2D eigenvalue weighted by Gasteiger charge is 2.23. The number of hydrogen-bond acceptors (Lipinski definition) is 3. The molecule has 0 bridgehead atoms. The van der Waals surface area contributed by atoms with Gasteiger partial charge in [0.1, 0.15) is 0 Å². The smallest absolute Gasteiger partial charge is 0.0992 e. The molecular weight excluding hydrogens is 188 g/mol. The van der Waals surface area contributed by atoms with E-state index in [4.69, 9.17) is 5.26 Å². The monoisotopic (exact) mass is 202 g/mol. The van der Waals surface area contributed by atoms with Gasteiger partial charge in [-0.05, 0) is 31.0 Å². The lowest BCUT2D eigenvalue weighted by molar-refractivity contribution is 0.266. The van der Waals surface area contributed by atoms with Gasteiger partial charge < -0.3 is 10.0 Å². The zero-order valence-electron chi connectivity index (χ0n) is 8.56. The molecule has 0 aromatic heterocycles. The van der Waals surface area contributed by atoms with E-state index in [2.05, 4.69) is 11.0 Å². The first kappa shape index (κ1) is 10.0. The molecule has 2 rings (SSSR count). The van der Waals surface area contributed by atoms with E-state index in [1.54, 1.807) is 6.07 Å². The highest BCUT2D eigenvalue weighted by molar-refractivity contribution is 5.52. The van der Waals surface area contributed by atoms with Crippen LogP contribution in [0.5, 0.6) is 0 Å². The quantitative estimate of drug-likeness (QED) is 0.791. The minimum absolute atomic E-state index is 0.191. The second kappa shape index (κ2) is 4.33. The molecule has 1 atom stereocenters. The Bertz CT molecular complexity index is 383. The van der Waals surface area contributed by atoms with Crippen molar-refractivity contribution in [3.63, 3.8) is 0 Å². The fourth-order valence-corrected chi connectivity index (χ4v) is 2.12. The summed E-state index contributed by atoms with van der Waals surface area (Å²) in [5.41, 5.74) is 1.72. The minimum atomic E-state index is 0.191. The van der Waals surface area contributed by atoms with Crippen molar-refractivity contribution in [2.24, 2.45) is 0 Å². The maximum absolute atomic E-state index is 9.22. The summed E-state index contributed by atoms with van der Waals surface area (Å²) in [5, 5.41) is 18.0. The molecule has 0 amide bonds. The highest BCUT2D eigenvalue weighted by atomic mass is 16.3. The Morgan fingerprint density at radius 3 is 3.13 bits per heavy atom. The molecule has 78 valence electrons. The van der Waals surface area contributed by atoms with E-state index in [9.17, 15) is 5.11 Å². The fourth-order valence-electron chi connectivity index (χ4n) is 2.12. The zero-order chi connectivity index (χ0) is 10.7. The maximum Gasteiger partial charge on any atom is 0.0992 e. The number of aliphatic hydroxyl groups is 1. The van der Waals surface area contributed by atoms with E-state index in [1.165, 1.54) is 0 Å². The summed E-state index contributed by atoms with van der Waals surface area (Å²) in [6, 6.07) is 9.92. The largest absolute Gasteiger partial charge is 0.394 e. The van der Waals surface area contributed by atoms with Crippen LogP contribution in [0.15, 0.2) is 24.3 Å². The van der Waals surface area contributed by atoms with Crippen molar-refractivity contribution in [1.82, 2.24) is 0 Å². The van der Waals surface area contributed by atoms with Crippen LogP contribution in [0.4, 0.5) is 5.69 Å². The Hall–Kier alpha value is -1.53. The van der Waals surface area contributed by atoms with Gasteiger partial charge in [-0.3, -0.25) is 0 Å². The van der Waals surface area contributed by atoms with Crippen LogP contribution in [-0.4, -0.2) is 24.3 Å². The molecule has 0 spiro atoms. The Labute approximate surface area is 89.6 Å². The Morgan fingerprint density at radius 1 is 1.53 bits per heavy atom. The summed E-state index contributed by atoms with van der Waals surface area (Å²) in [4.78, 5) is 2.18. The van der Waals surface area contributed by atoms with Gasteiger partial charge in [0, 0.05) is 12.2 Å². The summed E-state index contributed by atoms with van der Waals surface area (Å²) in [5.74, 6) is 0. The normalized spacial score (nSPS) is 20.3. The van der Waals surface area contributed by atoms with Crippen LogP contribution in [0.3, 0.4) is 0 Å². The molecule has 1 aliphatic heterocycles. The van der Waals surface area contributed by atoms with Crippen LogP contribution in [0, 0.1) is 11.3 Å². The molecule has 3 heteroatoms. The van der Waals surface area contributed by atoms with Gasteiger partial charge in [-0.2, -0.15) is 5.26 Å². The summed E-state index contributed by atoms with van der Waals surface area (Å²) >= 11 is 0. The van der Waals surface area contributed by atoms with E-state index in [1.807, 2.05) is 18.2 Å². The van der Waals surface area contributed by atoms with E-state index in [0.717, 1.165) is 25.1 Å². The van der Waals surface area contributed by atoms with Crippen molar-refractivity contribution in [3.05, 3.63) is 29.8 Å². The van der Waals surface area contributed by atoms with Crippen LogP contribution in [0.1, 0.15) is 18.4 Å². The number of nitrogens with zero attached hydrogens (tertiary/aromatic N) is 2. The van der Waals surface area contributed by atoms with Gasteiger partial charge in [0.05, 0.1) is 24.3 Å². The van der Waals surface area contributed by atoms with Gasteiger partial charge in [0.15, 0.2) is 0 Å². The van der Waals surface area contributed by atoms with Gasteiger partial charge in [-0.15, -0.1) is 0 Å².